The SMILES string of the molecule is O=C1C(=Cc2ccc(-c3ccccc3)cc2)SC(=S)N1Cc1ccccc1. The molecule has 0 aromatic heterocycles. The minimum Gasteiger partial charge on any atom is -0.288 e. The Bertz CT molecular complexity index is 996. The highest BCUT2D eigenvalue weighted by Crippen LogP contribution is 2.33. The van der Waals surface area contributed by atoms with Crippen LogP contribution in [0.3, 0.4) is 0 Å². The van der Waals surface area contributed by atoms with Gasteiger partial charge in [-0.05, 0) is 28.3 Å². The molecular formula is C23H17NOS2. The minimum absolute atomic E-state index is 0.0269. The lowest BCUT2D eigenvalue weighted by Gasteiger charge is -2.14. The molecule has 1 aliphatic rings. The van der Waals surface area contributed by atoms with Gasteiger partial charge in [-0.25, -0.2) is 0 Å². The highest BCUT2D eigenvalue weighted by Gasteiger charge is 2.31. The molecule has 132 valence electrons. The number of amides is 1. The van der Waals surface area contributed by atoms with E-state index < -0.39 is 0 Å². The summed E-state index contributed by atoms with van der Waals surface area (Å²) in [5.41, 5.74) is 4.40. The van der Waals surface area contributed by atoms with Gasteiger partial charge in [0.1, 0.15) is 4.32 Å². The average molecular weight is 388 g/mol. The molecule has 0 radical (unpaired) electrons. The van der Waals surface area contributed by atoms with Crippen molar-refractivity contribution in [2.45, 2.75) is 6.54 Å². The normalized spacial score (nSPS) is 15.6. The fraction of sp³-hybridized carbons (Fsp3) is 0.0435. The number of carbonyl (C=O) groups excluding carboxylic acids is 1. The van der Waals surface area contributed by atoms with Gasteiger partial charge in [0.05, 0.1) is 11.4 Å². The first-order valence-electron chi connectivity index (χ1n) is 8.65. The van der Waals surface area contributed by atoms with Crippen LogP contribution < -0.4 is 0 Å². The molecule has 0 spiro atoms. The lowest BCUT2D eigenvalue weighted by atomic mass is 10.0. The summed E-state index contributed by atoms with van der Waals surface area (Å²) in [5.74, 6) is -0.0269. The molecule has 1 heterocycles. The maximum absolute atomic E-state index is 12.8. The van der Waals surface area contributed by atoms with Crippen molar-refractivity contribution >= 4 is 40.3 Å². The van der Waals surface area contributed by atoms with Crippen LogP contribution in [0.25, 0.3) is 17.2 Å². The van der Waals surface area contributed by atoms with Gasteiger partial charge < -0.3 is 0 Å². The number of carbonyl (C=O) groups is 1. The largest absolute Gasteiger partial charge is 0.288 e. The van der Waals surface area contributed by atoms with Crippen LogP contribution in [0.1, 0.15) is 11.1 Å². The second-order valence-corrected chi connectivity index (χ2v) is 7.92. The molecule has 3 aromatic rings. The quantitative estimate of drug-likeness (QED) is 0.420. The summed E-state index contributed by atoms with van der Waals surface area (Å²) in [5, 5.41) is 0. The fourth-order valence-electron chi connectivity index (χ4n) is 2.96. The third-order valence-corrected chi connectivity index (χ3v) is 5.75. The van der Waals surface area contributed by atoms with E-state index in [1.165, 1.54) is 17.3 Å². The topological polar surface area (TPSA) is 20.3 Å². The Morgan fingerprint density at radius 2 is 1.41 bits per heavy atom. The van der Waals surface area contributed by atoms with Crippen molar-refractivity contribution in [2.75, 3.05) is 0 Å². The second kappa shape index (κ2) is 7.91. The molecule has 1 saturated heterocycles. The number of nitrogens with zero attached hydrogens (tertiary/aromatic N) is 1. The van der Waals surface area contributed by atoms with Crippen LogP contribution in [0.4, 0.5) is 0 Å². The lowest BCUT2D eigenvalue weighted by molar-refractivity contribution is -0.122. The first-order valence-corrected chi connectivity index (χ1v) is 9.88. The van der Waals surface area contributed by atoms with Crippen molar-refractivity contribution in [1.29, 1.82) is 0 Å². The van der Waals surface area contributed by atoms with Gasteiger partial charge in [-0.15, -0.1) is 0 Å². The van der Waals surface area contributed by atoms with Gasteiger partial charge in [-0.1, -0.05) is 109 Å². The van der Waals surface area contributed by atoms with E-state index in [2.05, 4.69) is 24.3 Å². The molecule has 0 saturated carbocycles. The van der Waals surface area contributed by atoms with Crippen LogP contribution in [0, 0.1) is 0 Å². The molecular weight excluding hydrogens is 370 g/mol. The summed E-state index contributed by atoms with van der Waals surface area (Å²) in [7, 11) is 0. The Morgan fingerprint density at radius 3 is 2.07 bits per heavy atom. The maximum Gasteiger partial charge on any atom is 0.266 e. The summed E-state index contributed by atoms with van der Waals surface area (Å²) in [6.45, 7) is 0.510. The van der Waals surface area contributed by atoms with Gasteiger partial charge in [-0.2, -0.15) is 0 Å². The molecule has 0 aliphatic carbocycles. The Morgan fingerprint density at radius 1 is 0.815 bits per heavy atom. The highest BCUT2D eigenvalue weighted by atomic mass is 32.2. The molecule has 0 atom stereocenters. The molecule has 4 rings (SSSR count). The zero-order chi connectivity index (χ0) is 18.6. The Balaban J connectivity index is 1.52. The van der Waals surface area contributed by atoms with Gasteiger partial charge >= 0.3 is 0 Å². The summed E-state index contributed by atoms with van der Waals surface area (Å²) in [6, 6.07) is 28.4. The average Bonchev–Trinajstić information content (AvgIpc) is 2.97. The third kappa shape index (κ3) is 4.02. The zero-order valence-electron chi connectivity index (χ0n) is 14.5. The predicted molar refractivity (Wildman–Crippen MR) is 117 cm³/mol. The predicted octanol–water partition coefficient (Wildman–Crippen LogP) is 5.76. The first kappa shape index (κ1) is 17.7. The number of benzene rings is 3. The van der Waals surface area contributed by atoms with Crippen molar-refractivity contribution in [3.63, 3.8) is 0 Å². The van der Waals surface area contributed by atoms with Gasteiger partial charge in [-0.3, -0.25) is 9.69 Å². The zero-order valence-corrected chi connectivity index (χ0v) is 16.2. The minimum atomic E-state index is -0.0269. The summed E-state index contributed by atoms with van der Waals surface area (Å²) in [6.07, 6.45) is 1.92. The molecule has 0 bridgehead atoms. The molecule has 1 fully saturated rings. The van der Waals surface area contributed by atoms with Gasteiger partial charge in [0.15, 0.2) is 0 Å². The highest BCUT2D eigenvalue weighted by molar-refractivity contribution is 8.26. The van der Waals surface area contributed by atoms with Crippen molar-refractivity contribution in [3.8, 4) is 11.1 Å². The Kier molecular flexibility index (Phi) is 5.19. The van der Waals surface area contributed by atoms with E-state index in [0.717, 1.165) is 16.7 Å². The number of thioether (sulfide) groups is 1. The smallest absolute Gasteiger partial charge is 0.266 e. The molecule has 3 aromatic carbocycles. The molecule has 27 heavy (non-hydrogen) atoms. The first-order chi connectivity index (χ1) is 13.2. The number of rotatable bonds is 4. The number of hydrogen-bond donors (Lipinski definition) is 0. The van der Waals surface area contributed by atoms with Crippen LogP contribution in [-0.2, 0) is 11.3 Å². The van der Waals surface area contributed by atoms with Gasteiger partial charge in [0.2, 0.25) is 0 Å². The Labute approximate surface area is 168 Å². The monoisotopic (exact) mass is 387 g/mol. The van der Waals surface area contributed by atoms with Crippen LogP contribution >= 0.6 is 24.0 Å². The summed E-state index contributed by atoms with van der Waals surface area (Å²) >= 11 is 6.79. The third-order valence-electron chi connectivity index (χ3n) is 4.37. The molecule has 0 N–H and O–H groups in total. The van der Waals surface area contributed by atoms with Crippen molar-refractivity contribution in [2.24, 2.45) is 0 Å². The van der Waals surface area contributed by atoms with E-state index in [9.17, 15) is 4.79 Å². The van der Waals surface area contributed by atoms with Crippen molar-refractivity contribution in [3.05, 3.63) is 101 Å². The Hall–Kier alpha value is -2.69. The van der Waals surface area contributed by atoms with Gasteiger partial charge in [0.25, 0.3) is 5.91 Å². The van der Waals surface area contributed by atoms with Crippen LogP contribution in [0.15, 0.2) is 89.8 Å². The summed E-state index contributed by atoms with van der Waals surface area (Å²) < 4.78 is 0.607. The number of thiocarbonyl (C=S) groups is 1. The van der Waals surface area contributed by atoms with Crippen LogP contribution in [-0.4, -0.2) is 15.1 Å². The van der Waals surface area contributed by atoms with E-state index in [1.807, 2.05) is 66.7 Å². The molecule has 0 unspecified atom stereocenters. The van der Waals surface area contributed by atoms with E-state index in [4.69, 9.17) is 12.2 Å². The molecule has 1 amide bonds. The van der Waals surface area contributed by atoms with E-state index in [1.54, 1.807) is 4.90 Å². The van der Waals surface area contributed by atoms with Crippen molar-refractivity contribution in [1.82, 2.24) is 4.90 Å². The molecule has 1 aliphatic heterocycles. The van der Waals surface area contributed by atoms with E-state index in [-0.39, 0.29) is 5.91 Å². The lowest BCUT2D eigenvalue weighted by Crippen LogP contribution is -2.27. The van der Waals surface area contributed by atoms with E-state index in [0.29, 0.717) is 15.8 Å². The standard InChI is InChI=1S/C23H17NOS2/c25-22-21(27-23(26)24(22)16-18-7-3-1-4-8-18)15-17-11-13-20(14-12-17)19-9-5-2-6-10-19/h1-15H,16H2. The van der Waals surface area contributed by atoms with Crippen LogP contribution in [0.2, 0.25) is 0 Å². The van der Waals surface area contributed by atoms with Crippen molar-refractivity contribution < 1.29 is 4.79 Å². The summed E-state index contributed by atoms with van der Waals surface area (Å²) in [4.78, 5) is 15.1. The number of hydrogen-bond acceptors (Lipinski definition) is 3. The maximum atomic E-state index is 12.8. The molecule has 4 heteroatoms. The van der Waals surface area contributed by atoms with Gasteiger partial charge in [0, 0.05) is 0 Å². The fourth-order valence-corrected chi connectivity index (χ4v) is 4.21. The molecule has 2 nitrogen and oxygen atoms in total. The second-order valence-electron chi connectivity index (χ2n) is 6.24. The van der Waals surface area contributed by atoms with E-state index >= 15 is 0 Å². The van der Waals surface area contributed by atoms with Crippen LogP contribution in [0.5, 0.6) is 0 Å².